The number of nitrogens with two attached hydrogens (primary N) is 1. The molecule has 2 N–H and O–H groups in total. The molecule has 0 saturated heterocycles. The Morgan fingerprint density at radius 1 is 1.24 bits per heavy atom. The van der Waals surface area contributed by atoms with E-state index in [1.807, 2.05) is 0 Å². The molecular formula is C15H10F3N2O. The average Bonchev–Trinajstić information content (AvgIpc) is 2.88. The molecular weight excluding hydrogens is 281 g/mol. The SMILES string of the molecule is NCc1cc2cc(-c3cc[c]cn3)c(C(F)(F)F)cc2o1. The number of rotatable bonds is 2. The Bertz CT molecular complexity index is 779. The molecule has 2 heterocycles. The van der Waals surface area contributed by atoms with E-state index < -0.39 is 11.7 Å². The minimum absolute atomic E-state index is 0.00775. The van der Waals surface area contributed by atoms with Gasteiger partial charge in [0.05, 0.1) is 17.8 Å². The Morgan fingerprint density at radius 2 is 2.05 bits per heavy atom. The minimum atomic E-state index is -4.50. The highest BCUT2D eigenvalue weighted by Crippen LogP contribution is 2.39. The maximum atomic E-state index is 13.2. The van der Waals surface area contributed by atoms with E-state index in [-0.39, 0.29) is 23.4 Å². The summed E-state index contributed by atoms with van der Waals surface area (Å²) in [5.74, 6) is 0.435. The van der Waals surface area contributed by atoms with Crippen molar-refractivity contribution >= 4 is 11.0 Å². The first-order valence-corrected chi connectivity index (χ1v) is 6.15. The zero-order valence-electron chi connectivity index (χ0n) is 10.7. The van der Waals surface area contributed by atoms with Gasteiger partial charge in [0.1, 0.15) is 11.3 Å². The second-order valence-electron chi connectivity index (χ2n) is 4.49. The molecule has 0 bridgehead atoms. The number of halogens is 3. The summed E-state index contributed by atoms with van der Waals surface area (Å²) in [6.07, 6.45) is -3.17. The molecule has 21 heavy (non-hydrogen) atoms. The summed E-state index contributed by atoms with van der Waals surface area (Å²) < 4.78 is 45.0. The van der Waals surface area contributed by atoms with Gasteiger partial charge in [-0.15, -0.1) is 0 Å². The Kier molecular flexibility index (Phi) is 3.17. The smallest absolute Gasteiger partial charge is 0.417 e. The first-order chi connectivity index (χ1) is 9.99. The van der Waals surface area contributed by atoms with Crippen LogP contribution in [0.2, 0.25) is 0 Å². The van der Waals surface area contributed by atoms with Crippen LogP contribution in [0, 0.1) is 6.07 Å². The molecule has 6 heteroatoms. The van der Waals surface area contributed by atoms with E-state index in [2.05, 4.69) is 11.1 Å². The molecule has 0 spiro atoms. The van der Waals surface area contributed by atoms with E-state index in [1.165, 1.54) is 24.4 Å². The predicted molar refractivity (Wildman–Crippen MR) is 71.2 cm³/mol. The second kappa shape index (κ2) is 4.89. The minimum Gasteiger partial charge on any atom is -0.460 e. The van der Waals surface area contributed by atoms with Gasteiger partial charge < -0.3 is 10.2 Å². The van der Waals surface area contributed by atoms with Gasteiger partial charge in [-0.1, -0.05) is 6.07 Å². The standard InChI is InChI=1S/C15H10F3N2O/c16-15(17,18)12-7-14-9(5-10(8-19)21-14)6-11(12)13-3-1-2-4-20-13/h1,3-7H,8,19H2. The number of aromatic nitrogens is 1. The number of nitrogens with zero attached hydrogens (tertiary/aromatic N) is 1. The van der Waals surface area contributed by atoms with Crippen LogP contribution in [0.4, 0.5) is 13.2 Å². The van der Waals surface area contributed by atoms with Gasteiger partial charge >= 0.3 is 6.18 Å². The van der Waals surface area contributed by atoms with Crippen molar-refractivity contribution < 1.29 is 17.6 Å². The topological polar surface area (TPSA) is 52.0 Å². The highest BCUT2D eigenvalue weighted by Gasteiger charge is 2.35. The lowest BCUT2D eigenvalue weighted by atomic mass is 10.0. The van der Waals surface area contributed by atoms with Crippen molar-refractivity contribution in [1.29, 1.82) is 0 Å². The Morgan fingerprint density at radius 3 is 2.67 bits per heavy atom. The monoisotopic (exact) mass is 291 g/mol. The number of furan rings is 1. The molecule has 0 unspecified atom stereocenters. The maximum absolute atomic E-state index is 13.2. The molecule has 3 nitrogen and oxygen atoms in total. The van der Waals surface area contributed by atoms with Crippen LogP contribution in [0.5, 0.6) is 0 Å². The van der Waals surface area contributed by atoms with E-state index in [4.69, 9.17) is 10.2 Å². The van der Waals surface area contributed by atoms with Crippen molar-refractivity contribution in [2.45, 2.75) is 12.7 Å². The lowest BCUT2D eigenvalue weighted by Gasteiger charge is -2.12. The van der Waals surface area contributed by atoms with Crippen molar-refractivity contribution in [3.8, 4) is 11.3 Å². The largest absolute Gasteiger partial charge is 0.460 e. The third kappa shape index (κ3) is 2.50. The molecule has 0 saturated carbocycles. The van der Waals surface area contributed by atoms with Gasteiger partial charge in [-0.25, -0.2) is 0 Å². The van der Waals surface area contributed by atoms with E-state index >= 15 is 0 Å². The highest BCUT2D eigenvalue weighted by molar-refractivity contribution is 5.85. The zero-order valence-corrected chi connectivity index (χ0v) is 10.7. The molecule has 107 valence electrons. The van der Waals surface area contributed by atoms with E-state index in [0.29, 0.717) is 11.1 Å². The summed E-state index contributed by atoms with van der Waals surface area (Å²) in [6.45, 7) is 0.129. The molecule has 0 atom stereocenters. The van der Waals surface area contributed by atoms with Gasteiger partial charge in [-0.3, -0.25) is 4.98 Å². The fourth-order valence-corrected chi connectivity index (χ4v) is 2.17. The molecule has 2 aromatic heterocycles. The maximum Gasteiger partial charge on any atom is 0.417 e. The molecule has 3 aromatic rings. The van der Waals surface area contributed by atoms with Crippen LogP contribution in [0.3, 0.4) is 0 Å². The number of hydrogen-bond donors (Lipinski definition) is 1. The highest BCUT2D eigenvalue weighted by atomic mass is 19.4. The Balaban J connectivity index is 2.30. The lowest BCUT2D eigenvalue weighted by molar-refractivity contribution is -0.137. The van der Waals surface area contributed by atoms with E-state index in [9.17, 15) is 13.2 Å². The van der Waals surface area contributed by atoms with Gasteiger partial charge in [-0.05, 0) is 24.3 Å². The fraction of sp³-hybridized carbons (Fsp3) is 0.133. The van der Waals surface area contributed by atoms with Gasteiger partial charge in [0.15, 0.2) is 0 Å². The van der Waals surface area contributed by atoms with E-state index in [0.717, 1.165) is 6.07 Å². The second-order valence-corrected chi connectivity index (χ2v) is 4.49. The molecule has 0 fully saturated rings. The number of alkyl halides is 3. The van der Waals surface area contributed by atoms with Gasteiger partial charge in [0, 0.05) is 23.2 Å². The van der Waals surface area contributed by atoms with Crippen molar-refractivity contribution in [2.24, 2.45) is 5.73 Å². The van der Waals surface area contributed by atoms with Crippen molar-refractivity contribution in [2.75, 3.05) is 0 Å². The summed E-state index contributed by atoms with van der Waals surface area (Å²) in [5, 5.41) is 0.563. The molecule has 1 radical (unpaired) electrons. The number of pyridine rings is 1. The number of hydrogen-bond acceptors (Lipinski definition) is 3. The summed E-state index contributed by atoms with van der Waals surface area (Å²) in [4.78, 5) is 3.95. The first-order valence-electron chi connectivity index (χ1n) is 6.15. The summed E-state index contributed by atoms with van der Waals surface area (Å²) in [5.41, 5.74) is 5.07. The predicted octanol–water partition coefficient (Wildman–Crippen LogP) is 3.77. The molecule has 1 aromatic carbocycles. The average molecular weight is 291 g/mol. The quantitative estimate of drug-likeness (QED) is 0.782. The molecule has 0 aliphatic rings. The molecule has 0 aliphatic heterocycles. The number of benzene rings is 1. The lowest BCUT2D eigenvalue weighted by Crippen LogP contribution is -2.07. The normalized spacial score (nSPS) is 12.0. The third-order valence-corrected chi connectivity index (χ3v) is 3.11. The molecule has 0 amide bonds. The fourth-order valence-electron chi connectivity index (χ4n) is 2.17. The van der Waals surface area contributed by atoms with Crippen molar-refractivity contribution in [3.05, 3.63) is 53.9 Å². The van der Waals surface area contributed by atoms with Gasteiger partial charge in [-0.2, -0.15) is 13.2 Å². The zero-order chi connectivity index (χ0) is 15.0. The molecule has 0 aliphatic carbocycles. The van der Waals surface area contributed by atoms with Gasteiger partial charge in [0.25, 0.3) is 0 Å². The van der Waals surface area contributed by atoms with Crippen LogP contribution in [0.25, 0.3) is 22.2 Å². The van der Waals surface area contributed by atoms with Gasteiger partial charge in [0.2, 0.25) is 0 Å². The Hall–Kier alpha value is -2.34. The van der Waals surface area contributed by atoms with E-state index in [1.54, 1.807) is 6.07 Å². The van der Waals surface area contributed by atoms with Crippen LogP contribution < -0.4 is 5.73 Å². The van der Waals surface area contributed by atoms with Crippen LogP contribution in [-0.2, 0) is 12.7 Å². The third-order valence-electron chi connectivity index (χ3n) is 3.11. The van der Waals surface area contributed by atoms with Crippen LogP contribution in [0.15, 0.2) is 40.9 Å². The summed E-state index contributed by atoms with van der Waals surface area (Å²) in [7, 11) is 0. The van der Waals surface area contributed by atoms with Crippen LogP contribution in [-0.4, -0.2) is 4.98 Å². The summed E-state index contributed by atoms with van der Waals surface area (Å²) >= 11 is 0. The number of fused-ring (bicyclic) bond motifs is 1. The van der Waals surface area contributed by atoms with Crippen LogP contribution >= 0.6 is 0 Å². The Labute approximate surface area is 118 Å². The first kappa shape index (κ1) is 13.6. The summed E-state index contributed by atoms with van der Waals surface area (Å²) in [6, 6.07) is 9.73. The van der Waals surface area contributed by atoms with Crippen molar-refractivity contribution in [3.63, 3.8) is 0 Å². The molecule has 3 rings (SSSR count). The van der Waals surface area contributed by atoms with Crippen LogP contribution in [0.1, 0.15) is 11.3 Å². The van der Waals surface area contributed by atoms with Crippen molar-refractivity contribution in [1.82, 2.24) is 4.98 Å².